The van der Waals surface area contributed by atoms with Crippen LogP contribution in [0, 0.1) is 13.8 Å². The lowest BCUT2D eigenvalue weighted by Gasteiger charge is -1.98. The third kappa shape index (κ3) is 2.82. The van der Waals surface area contributed by atoms with Crippen LogP contribution in [0.3, 0.4) is 0 Å². The first kappa shape index (κ1) is 13.4. The van der Waals surface area contributed by atoms with Crippen LogP contribution in [0.1, 0.15) is 11.1 Å². The topological polar surface area (TPSA) is 15.8 Å². The van der Waals surface area contributed by atoms with Crippen LogP contribution in [0.15, 0.2) is 72.9 Å². The van der Waals surface area contributed by atoms with Gasteiger partial charge in [0.15, 0.2) is 0 Å². The van der Waals surface area contributed by atoms with Crippen LogP contribution in [-0.2, 0) is 0 Å². The molecule has 0 saturated heterocycles. The molecule has 0 aliphatic rings. The van der Waals surface area contributed by atoms with E-state index in [4.69, 9.17) is 0 Å². The minimum Gasteiger partial charge on any atom is -0.361 e. The Hall–Kier alpha value is -2.54. The van der Waals surface area contributed by atoms with Crippen molar-refractivity contribution in [2.75, 3.05) is 0 Å². The van der Waals surface area contributed by atoms with Crippen molar-refractivity contribution >= 4 is 21.7 Å². The number of H-pyrrole nitrogens is 1. The van der Waals surface area contributed by atoms with E-state index in [1.807, 2.05) is 6.20 Å². The molecule has 4 rings (SSSR count). The first-order valence-corrected chi connectivity index (χ1v) is 7.23. The minimum atomic E-state index is 1.22. The van der Waals surface area contributed by atoms with E-state index in [-0.39, 0.29) is 0 Å². The number of fused-ring (bicyclic) bond motifs is 2. The van der Waals surface area contributed by atoms with Gasteiger partial charge in [-0.2, -0.15) is 0 Å². The summed E-state index contributed by atoms with van der Waals surface area (Å²) in [6.45, 7) is 4.26. The van der Waals surface area contributed by atoms with Crippen LogP contribution < -0.4 is 0 Å². The van der Waals surface area contributed by atoms with Gasteiger partial charge in [0.05, 0.1) is 0 Å². The van der Waals surface area contributed by atoms with E-state index >= 15 is 0 Å². The zero-order valence-corrected chi connectivity index (χ0v) is 12.4. The molecule has 0 fully saturated rings. The van der Waals surface area contributed by atoms with Crippen molar-refractivity contribution in [1.29, 1.82) is 0 Å². The maximum Gasteiger partial charge on any atom is 0.0456 e. The molecule has 0 amide bonds. The monoisotopic (exact) mass is 273 g/mol. The number of aromatic amines is 1. The van der Waals surface area contributed by atoms with E-state index in [9.17, 15) is 0 Å². The van der Waals surface area contributed by atoms with Gasteiger partial charge in [-0.05, 0) is 47.9 Å². The van der Waals surface area contributed by atoms with Crippen molar-refractivity contribution in [1.82, 2.24) is 4.98 Å². The second kappa shape index (κ2) is 5.84. The number of aromatic nitrogens is 1. The molecule has 1 nitrogen and oxygen atoms in total. The summed E-state index contributed by atoms with van der Waals surface area (Å²) < 4.78 is 0. The molecule has 21 heavy (non-hydrogen) atoms. The summed E-state index contributed by atoms with van der Waals surface area (Å²) in [6.07, 6.45) is 1.97. The molecule has 0 bridgehead atoms. The molecule has 1 N–H and O–H groups in total. The summed E-state index contributed by atoms with van der Waals surface area (Å²) in [7, 11) is 0. The van der Waals surface area contributed by atoms with Gasteiger partial charge in [0.1, 0.15) is 0 Å². The molecule has 1 aromatic heterocycles. The highest BCUT2D eigenvalue weighted by atomic mass is 14.7. The van der Waals surface area contributed by atoms with Crippen molar-refractivity contribution in [2.45, 2.75) is 13.8 Å². The molecule has 1 heteroatoms. The zero-order valence-electron chi connectivity index (χ0n) is 12.4. The van der Waals surface area contributed by atoms with E-state index in [1.54, 1.807) is 0 Å². The van der Waals surface area contributed by atoms with Gasteiger partial charge in [-0.1, -0.05) is 54.6 Å². The fraction of sp³-hybridized carbons (Fsp3) is 0.100. The molecule has 0 atom stereocenters. The number of hydrogen-bond acceptors (Lipinski definition) is 0. The predicted molar refractivity (Wildman–Crippen MR) is 91.7 cm³/mol. The Morgan fingerprint density at radius 2 is 1.29 bits per heavy atom. The van der Waals surface area contributed by atoms with E-state index in [1.165, 1.54) is 32.8 Å². The van der Waals surface area contributed by atoms with Crippen LogP contribution in [0.25, 0.3) is 21.7 Å². The largest absolute Gasteiger partial charge is 0.361 e. The lowest BCUT2D eigenvalue weighted by molar-refractivity contribution is 1.47. The number of aryl methyl sites for hydroxylation is 2. The molecule has 0 aliphatic carbocycles. The summed E-state index contributed by atoms with van der Waals surface area (Å²) in [5, 5.41) is 4.00. The van der Waals surface area contributed by atoms with Crippen molar-refractivity contribution in [3.05, 3.63) is 84.1 Å². The summed E-state index contributed by atoms with van der Waals surface area (Å²) in [5.41, 5.74) is 3.90. The van der Waals surface area contributed by atoms with Crippen LogP contribution >= 0.6 is 0 Å². The van der Waals surface area contributed by atoms with Gasteiger partial charge in [0.2, 0.25) is 0 Å². The maximum absolute atomic E-state index is 3.16. The number of nitrogens with one attached hydrogen (secondary N) is 1. The summed E-state index contributed by atoms with van der Waals surface area (Å²) in [4.78, 5) is 3.16. The van der Waals surface area contributed by atoms with Crippen molar-refractivity contribution in [2.24, 2.45) is 0 Å². The predicted octanol–water partition coefficient (Wildman–Crippen LogP) is 5.62. The van der Waals surface area contributed by atoms with E-state index in [2.05, 4.69) is 85.6 Å². The maximum atomic E-state index is 3.16. The van der Waals surface area contributed by atoms with Gasteiger partial charge >= 0.3 is 0 Å². The highest BCUT2D eigenvalue weighted by molar-refractivity contribution is 5.85. The van der Waals surface area contributed by atoms with Crippen molar-refractivity contribution in [3.63, 3.8) is 0 Å². The van der Waals surface area contributed by atoms with Crippen molar-refractivity contribution < 1.29 is 0 Å². The standard InChI is InChI=1S/C11H10.C9H9N/c1-9-5-4-7-10-6-2-3-8-11(9)10;1-7-3-2-4-9-8(7)5-6-10-9/h2-8H,1H3;2-6,10H,1H3. The zero-order chi connectivity index (χ0) is 14.7. The number of benzene rings is 3. The fourth-order valence-corrected chi connectivity index (χ4v) is 2.63. The lowest BCUT2D eigenvalue weighted by Crippen LogP contribution is -1.75. The van der Waals surface area contributed by atoms with Crippen LogP contribution in [0.5, 0.6) is 0 Å². The van der Waals surface area contributed by atoms with Gasteiger partial charge in [0, 0.05) is 17.1 Å². The minimum absolute atomic E-state index is 1.22. The third-order valence-electron chi connectivity index (χ3n) is 3.82. The van der Waals surface area contributed by atoms with Crippen LogP contribution in [0.4, 0.5) is 0 Å². The van der Waals surface area contributed by atoms with Gasteiger partial charge in [-0.3, -0.25) is 0 Å². The highest BCUT2D eigenvalue weighted by Crippen LogP contribution is 2.17. The Morgan fingerprint density at radius 1 is 0.619 bits per heavy atom. The number of hydrogen-bond donors (Lipinski definition) is 1. The molecule has 1 heterocycles. The molecule has 0 unspecified atom stereocenters. The average molecular weight is 273 g/mol. The number of rotatable bonds is 0. The summed E-state index contributed by atoms with van der Waals surface area (Å²) in [6, 6.07) is 23.2. The van der Waals surface area contributed by atoms with Gasteiger partial charge in [0.25, 0.3) is 0 Å². The summed E-state index contributed by atoms with van der Waals surface area (Å²) >= 11 is 0. The first-order valence-electron chi connectivity index (χ1n) is 7.23. The SMILES string of the molecule is Cc1cccc2[nH]ccc12.Cc1cccc2ccccc12. The molecule has 0 spiro atoms. The molecule has 0 radical (unpaired) electrons. The van der Waals surface area contributed by atoms with Gasteiger partial charge in [-0.25, -0.2) is 0 Å². The molecule has 0 saturated carbocycles. The molecule has 3 aromatic carbocycles. The Morgan fingerprint density at radius 3 is 2.05 bits per heavy atom. The lowest BCUT2D eigenvalue weighted by atomic mass is 10.1. The van der Waals surface area contributed by atoms with E-state index < -0.39 is 0 Å². The second-order valence-electron chi connectivity index (χ2n) is 5.31. The quantitative estimate of drug-likeness (QED) is 0.427. The highest BCUT2D eigenvalue weighted by Gasteiger charge is 1.94. The Bertz CT molecular complexity index is 866. The van der Waals surface area contributed by atoms with E-state index in [0.717, 1.165) is 0 Å². The smallest absolute Gasteiger partial charge is 0.0456 e. The Kier molecular flexibility index (Phi) is 3.74. The molecule has 4 aromatic rings. The molecule has 104 valence electrons. The average Bonchev–Trinajstić information content (AvgIpc) is 2.99. The fourth-order valence-electron chi connectivity index (χ4n) is 2.63. The first-order chi connectivity index (χ1) is 10.3. The van der Waals surface area contributed by atoms with Gasteiger partial charge < -0.3 is 4.98 Å². The summed E-state index contributed by atoms with van der Waals surface area (Å²) in [5.74, 6) is 0. The Labute approximate surface area is 125 Å². The van der Waals surface area contributed by atoms with E-state index in [0.29, 0.717) is 0 Å². The van der Waals surface area contributed by atoms with Gasteiger partial charge in [-0.15, -0.1) is 0 Å². The van der Waals surface area contributed by atoms with Crippen LogP contribution in [0.2, 0.25) is 0 Å². The third-order valence-corrected chi connectivity index (χ3v) is 3.82. The molecular formula is C20H19N. The molecule has 0 aliphatic heterocycles. The van der Waals surface area contributed by atoms with Crippen molar-refractivity contribution in [3.8, 4) is 0 Å². The van der Waals surface area contributed by atoms with Crippen LogP contribution in [-0.4, -0.2) is 4.98 Å². The second-order valence-corrected chi connectivity index (χ2v) is 5.31. The normalized spacial score (nSPS) is 10.4. The Balaban J connectivity index is 0.000000126. The molecular weight excluding hydrogens is 254 g/mol.